The van der Waals surface area contributed by atoms with Crippen molar-refractivity contribution >= 4 is 11.6 Å². The number of aliphatic hydroxyl groups excluding tert-OH is 1. The lowest BCUT2D eigenvalue weighted by molar-refractivity contribution is 0.116. The fraction of sp³-hybridized carbons (Fsp3) is 0.600. The van der Waals surface area contributed by atoms with E-state index in [0.29, 0.717) is 11.6 Å². The summed E-state index contributed by atoms with van der Waals surface area (Å²) in [6, 6.07) is 0.0535. The molecule has 1 saturated carbocycles. The Bertz CT molecular complexity index is 331. The zero-order valence-corrected chi connectivity index (χ0v) is 8.56. The topological polar surface area (TPSA) is 84.1 Å². The van der Waals surface area contributed by atoms with E-state index in [1.54, 1.807) is 12.4 Å². The van der Waals surface area contributed by atoms with Crippen LogP contribution in [0.2, 0.25) is 0 Å². The molecule has 1 aromatic rings. The molecule has 5 nitrogen and oxygen atoms in total. The monoisotopic (exact) mass is 208 g/mol. The maximum absolute atomic E-state index is 9.77. The van der Waals surface area contributed by atoms with Gasteiger partial charge < -0.3 is 16.2 Å². The van der Waals surface area contributed by atoms with Crippen molar-refractivity contribution in [2.24, 2.45) is 0 Å². The van der Waals surface area contributed by atoms with Crippen LogP contribution in [0.5, 0.6) is 0 Å². The highest BCUT2D eigenvalue weighted by molar-refractivity contribution is 5.55. The lowest BCUT2D eigenvalue weighted by atomic mass is 9.93. The fourth-order valence-electron chi connectivity index (χ4n) is 1.92. The molecule has 0 bridgehead atoms. The van der Waals surface area contributed by atoms with E-state index in [9.17, 15) is 5.11 Å². The maximum Gasteiger partial charge on any atom is 0.169 e. The molecule has 0 aromatic carbocycles. The van der Waals surface area contributed by atoms with Gasteiger partial charge in [0.2, 0.25) is 0 Å². The van der Waals surface area contributed by atoms with Gasteiger partial charge in [0.1, 0.15) is 0 Å². The number of hydrogen-bond acceptors (Lipinski definition) is 5. The van der Waals surface area contributed by atoms with Gasteiger partial charge in [-0.25, -0.2) is 9.97 Å². The van der Waals surface area contributed by atoms with Crippen molar-refractivity contribution in [3.05, 3.63) is 12.4 Å². The van der Waals surface area contributed by atoms with E-state index in [1.807, 2.05) is 0 Å². The summed E-state index contributed by atoms with van der Waals surface area (Å²) in [6.07, 6.45) is 6.87. The molecule has 0 amide bonds. The van der Waals surface area contributed by atoms with Crippen LogP contribution in [0, 0.1) is 0 Å². The van der Waals surface area contributed by atoms with Crippen LogP contribution in [-0.2, 0) is 0 Å². The van der Waals surface area contributed by atoms with Crippen LogP contribution in [0.3, 0.4) is 0 Å². The maximum atomic E-state index is 9.77. The second-order valence-corrected chi connectivity index (χ2v) is 3.89. The largest absolute Gasteiger partial charge is 0.391 e. The molecule has 0 saturated heterocycles. The molecule has 1 heterocycles. The minimum atomic E-state index is -0.305. The molecule has 1 fully saturated rings. The Labute approximate surface area is 88.7 Å². The molecule has 0 radical (unpaired) electrons. The van der Waals surface area contributed by atoms with Crippen molar-refractivity contribution in [2.45, 2.75) is 37.8 Å². The van der Waals surface area contributed by atoms with E-state index in [4.69, 9.17) is 5.73 Å². The standard InChI is InChI=1S/C10H16N4O/c11-9-10(13-6-5-12-9)14-7-3-1-2-4-8(7)15/h5-8,15H,1-4H2,(H2,11,12)(H,13,14). The number of nitrogen functional groups attached to an aromatic ring is 1. The number of nitrogens with zero attached hydrogens (tertiary/aromatic N) is 2. The van der Waals surface area contributed by atoms with Gasteiger partial charge in [-0.3, -0.25) is 0 Å². The summed E-state index contributed by atoms with van der Waals surface area (Å²) in [6.45, 7) is 0. The summed E-state index contributed by atoms with van der Waals surface area (Å²) in [5.41, 5.74) is 5.67. The molecule has 0 aliphatic heterocycles. The number of hydrogen-bond donors (Lipinski definition) is 3. The van der Waals surface area contributed by atoms with Gasteiger partial charge in [-0.05, 0) is 12.8 Å². The molecule has 1 aliphatic rings. The molecule has 2 atom stereocenters. The third-order valence-electron chi connectivity index (χ3n) is 2.78. The average Bonchev–Trinajstić information content (AvgIpc) is 2.24. The molecule has 2 unspecified atom stereocenters. The molecule has 1 aliphatic carbocycles. The molecule has 1 aromatic heterocycles. The van der Waals surface area contributed by atoms with Gasteiger partial charge >= 0.3 is 0 Å². The van der Waals surface area contributed by atoms with E-state index in [1.165, 1.54) is 0 Å². The van der Waals surface area contributed by atoms with Gasteiger partial charge in [-0.1, -0.05) is 12.8 Å². The molecule has 2 rings (SSSR count). The van der Waals surface area contributed by atoms with Crippen molar-refractivity contribution in [2.75, 3.05) is 11.1 Å². The Balaban J connectivity index is 2.04. The average molecular weight is 208 g/mol. The predicted octanol–water partition coefficient (Wildman–Crippen LogP) is 0.774. The predicted molar refractivity (Wildman–Crippen MR) is 58.3 cm³/mol. The van der Waals surface area contributed by atoms with Crippen LogP contribution >= 0.6 is 0 Å². The van der Waals surface area contributed by atoms with E-state index in [2.05, 4.69) is 15.3 Å². The Morgan fingerprint density at radius 3 is 2.73 bits per heavy atom. The minimum Gasteiger partial charge on any atom is -0.391 e. The Morgan fingerprint density at radius 1 is 1.27 bits per heavy atom. The van der Waals surface area contributed by atoms with Crippen LogP contribution in [0.15, 0.2) is 12.4 Å². The highest BCUT2D eigenvalue weighted by Gasteiger charge is 2.23. The molecule has 4 N–H and O–H groups in total. The van der Waals surface area contributed by atoms with Crippen molar-refractivity contribution in [3.8, 4) is 0 Å². The zero-order valence-electron chi connectivity index (χ0n) is 8.56. The Kier molecular flexibility index (Phi) is 3.01. The van der Waals surface area contributed by atoms with E-state index in [-0.39, 0.29) is 12.1 Å². The van der Waals surface area contributed by atoms with Crippen molar-refractivity contribution < 1.29 is 5.11 Å². The van der Waals surface area contributed by atoms with Crippen LogP contribution in [0.1, 0.15) is 25.7 Å². The summed E-state index contributed by atoms with van der Waals surface area (Å²) in [5.74, 6) is 0.957. The van der Waals surface area contributed by atoms with Gasteiger partial charge in [-0.2, -0.15) is 0 Å². The molecule has 0 spiro atoms. The second kappa shape index (κ2) is 4.44. The van der Waals surface area contributed by atoms with E-state index < -0.39 is 0 Å². The van der Waals surface area contributed by atoms with Crippen molar-refractivity contribution in [1.29, 1.82) is 0 Å². The van der Waals surface area contributed by atoms with Gasteiger partial charge in [-0.15, -0.1) is 0 Å². The number of nitrogens with two attached hydrogens (primary N) is 1. The lowest BCUT2D eigenvalue weighted by Gasteiger charge is -2.28. The van der Waals surface area contributed by atoms with Gasteiger partial charge in [0.15, 0.2) is 11.6 Å². The van der Waals surface area contributed by atoms with Crippen LogP contribution < -0.4 is 11.1 Å². The molecule has 82 valence electrons. The van der Waals surface area contributed by atoms with Crippen LogP contribution in [-0.4, -0.2) is 27.2 Å². The van der Waals surface area contributed by atoms with Crippen LogP contribution in [0.25, 0.3) is 0 Å². The van der Waals surface area contributed by atoms with Gasteiger partial charge in [0, 0.05) is 12.4 Å². The van der Waals surface area contributed by atoms with Crippen molar-refractivity contribution in [3.63, 3.8) is 0 Å². The van der Waals surface area contributed by atoms with Gasteiger partial charge in [0.25, 0.3) is 0 Å². The van der Waals surface area contributed by atoms with E-state index in [0.717, 1.165) is 25.7 Å². The quantitative estimate of drug-likeness (QED) is 0.668. The van der Waals surface area contributed by atoms with Crippen molar-refractivity contribution in [1.82, 2.24) is 9.97 Å². The first-order chi connectivity index (χ1) is 7.27. The number of rotatable bonds is 2. The third kappa shape index (κ3) is 2.36. The lowest BCUT2D eigenvalue weighted by Crippen LogP contribution is -2.36. The number of aliphatic hydroxyl groups is 1. The number of nitrogens with one attached hydrogen (secondary N) is 1. The second-order valence-electron chi connectivity index (χ2n) is 3.89. The Morgan fingerprint density at radius 2 is 2.00 bits per heavy atom. The molecule has 15 heavy (non-hydrogen) atoms. The highest BCUT2D eigenvalue weighted by atomic mass is 16.3. The highest BCUT2D eigenvalue weighted by Crippen LogP contribution is 2.22. The first kappa shape index (κ1) is 10.2. The molecular formula is C10H16N4O. The Hall–Kier alpha value is -1.36. The van der Waals surface area contributed by atoms with Crippen LogP contribution in [0.4, 0.5) is 11.6 Å². The number of aromatic nitrogens is 2. The normalized spacial score (nSPS) is 26.2. The summed E-state index contributed by atoms with van der Waals surface area (Å²) < 4.78 is 0. The minimum absolute atomic E-state index is 0.0535. The first-order valence-electron chi connectivity index (χ1n) is 5.28. The fourth-order valence-corrected chi connectivity index (χ4v) is 1.92. The molecule has 5 heteroatoms. The summed E-state index contributed by atoms with van der Waals surface area (Å²) in [4.78, 5) is 8.04. The first-order valence-corrected chi connectivity index (χ1v) is 5.28. The third-order valence-corrected chi connectivity index (χ3v) is 2.78. The van der Waals surface area contributed by atoms with E-state index >= 15 is 0 Å². The summed E-state index contributed by atoms with van der Waals surface area (Å²) in [7, 11) is 0. The SMILES string of the molecule is Nc1nccnc1NC1CCCCC1O. The summed E-state index contributed by atoms with van der Waals surface area (Å²) >= 11 is 0. The number of anilines is 2. The smallest absolute Gasteiger partial charge is 0.169 e. The zero-order chi connectivity index (χ0) is 10.7. The summed E-state index contributed by atoms with van der Waals surface area (Å²) in [5, 5.41) is 12.9. The molecular weight excluding hydrogens is 192 g/mol. The van der Waals surface area contributed by atoms with Gasteiger partial charge in [0.05, 0.1) is 12.1 Å².